The summed E-state index contributed by atoms with van der Waals surface area (Å²) < 4.78 is 2.32. The van der Waals surface area contributed by atoms with E-state index in [-0.39, 0.29) is 5.54 Å². The van der Waals surface area contributed by atoms with Crippen LogP contribution in [-0.2, 0) is 18.5 Å². The Morgan fingerprint density at radius 2 is 2.33 bits per heavy atom. The SMILES string of the molecule is CCCc1cn2c(n1)C(C)(C)NCCC2. The van der Waals surface area contributed by atoms with Gasteiger partial charge in [-0.2, -0.15) is 0 Å². The van der Waals surface area contributed by atoms with E-state index >= 15 is 0 Å². The van der Waals surface area contributed by atoms with E-state index in [4.69, 9.17) is 4.98 Å². The van der Waals surface area contributed by atoms with Gasteiger partial charge in [0, 0.05) is 12.7 Å². The molecule has 0 spiro atoms. The average Bonchev–Trinajstić information content (AvgIpc) is 2.52. The lowest BCUT2D eigenvalue weighted by molar-refractivity contribution is 0.394. The predicted molar refractivity (Wildman–Crippen MR) is 61.9 cm³/mol. The molecule has 15 heavy (non-hydrogen) atoms. The normalized spacial score (nSPS) is 19.7. The Labute approximate surface area is 91.9 Å². The van der Waals surface area contributed by atoms with Gasteiger partial charge in [0.1, 0.15) is 5.82 Å². The Hall–Kier alpha value is -0.830. The summed E-state index contributed by atoms with van der Waals surface area (Å²) in [7, 11) is 0. The molecule has 0 aromatic carbocycles. The van der Waals surface area contributed by atoms with Crippen LogP contribution in [0.25, 0.3) is 0 Å². The van der Waals surface area contributed by atoms with Gasteiger partial charge in [0.05, 0.1) is 11.2 Å². The van der Waals surface area contributed by atoms with Gasteiger partial charge in [-0.15, -0.1) is 0 Å². The van der Waals surface area contributed by atoms with Crippen LogP contribution < -0.4 is 5.32 Å². The summed E-state index contributed by atoms with van der Waals surface area (Å²) in [5, 5.41) is 3.55. The summed E-state index contributed by atoms with van der Waals surface area (Å²) in [4.78, 5) is 4.75. The Morgan fingerprint density at radius 3 is 3.07 bits per heavy atom. The maximum Gasteiger partial charge on any atom is 0.128 e. The molecule has 1 aliphatic heterocycles. The molecular formula is C12H21N3. The fourth-order valence-electron chi connectivity index (χ4n) is 2.25. The van der Waals surface area contributed by atoms with E-state index in [1.54, 1.807) is 0 Å². The first-order valence-corrected chi connectivity index (χ1v) is 5.95. The minimum atomic E-state index is 0.0164. The Morgan fingerprint density at radius 1 is 1.53 bits per heavy atom. The number of hydrogen-bond donors (Lipinski definition) is 1. The second kappa shape index (κ2) is 3.97. The van der Waals surface area contributed by atoms with E-state index in [9.17, 15) is 0 Å². The molecule has 0 bridgehead atoms. The van der Waals surface area contributed by atoms with Crippen LogP contribution in [0.15, 0.2) is 6.20 Å². The first kappa shape index (κ1) is 10.7. The van der Waals surface area contributed by atoms with Crippen molar-refractivity contribution < 1.29 is 0 Å². The van der Waals surface area contributed by atoms with Gasteiger partial charge in [-0.05, 0) is 33.2 Å². The molecule has 84 valence electrons. The van der Waals surface area contributed by atoms with Crippen LogP contribution in [0.1, 0.15) is 45.1 Å². The summed E-state index contributed by atoms with van der Waals surface area (Å²) in [5.41, 5.74) is 1.26. The molecule has 2 heterocycles. The Kier molecular flexibility index (Phi) is 2.83. The number of aryl methyl sites for hydroxylation is 2. The summed E-state index contributed by atoms with van der Waals surface area (Å²) in [6.45, 7) is 8.82. The quantitative estimate of drug-likeness (QED) is 0.804. The lowest BCUT2D eigenvalue weighted by atomic mass is 10.1. The third-order valence-corrected chi connectivity index (χ3v) is 3.03. The highest BCUT2D eigenvalue weighted by Crippen LogP contribution is 2.22. The van der Waals surface area contributed by atoms with Crippen molar-refractivity contribution in [3.05, 3.63) is 17.7 Å². The van der Waals surface area contributed by atoms with Crippen molar-refractivity contribution in [2.75, 3.05) is 6.54 Å². The monoisotopic (exact) mass is 207 g/mol. The number of nitrogens with zero attached hydrogens (tertiary/aromatic N) is 2. The number of nitrogens with one attached hydrogen (secondary N) is 1. The maximum atomic E-state index is 4.75. The molecule has 0 amide bonds. The zero-order valence-corrected chi connectivity index (χ0v) is 10.0. The highest BCUT2D eigenvalue weighted by Gasteiger charge is 2.27. The highest BCUT2D eigenvalue weighted by atomic mass is 15.2. The second-order valence-corrected chi connectivity index (χ2v) is 4.90. The maximum absolute atomic E-state index is 4.75. The van der Waals surface area contributed by atoms with Gasteiger partial charge in [-0.25, -0.2) is 4.98 Å². The van der Waals surface area contributed by atoms with Crippen LogP contribution in [-0.4, -0.2) is 16.1 Å². The zero-order chi connectivity index (χ0) is 10.9. The van der Waals surface area contributed by atoms with Crippen molar-refractivity contribution in [1.82, 2.24) is 14.9 Å². The van der Waals surface area contributed by atoms with Crippen LogP contribution in [0.2, 0.25) is 0 Å². The topological polar surface area (TPSA) is 29.9 Å². The third-order valence-electron chi connectivity index (χ3n) is 3.03. The van der Waals surface area contributed by atoms with E-state index in [0.29, 0.717) is 0 Å². The van der Waals surface area contributed by atoms with Crippen LogP contribution in [0, 0.1) is 0 Å². The molecule has 1 aromatic rings. The van der Waals surface area contributed by atoms with Gasteiger partial charge in [0.2, 0.25) is 0 Å². The first-order chi connectivity index (χ1) is 7.13. The molecule has 1 aliphatic rings. The molecule has 0 saturated carbocycles. The fraction of sp³-hybridized carbons (Fsp3) is 0.750. The second-order valence-electron chi connectivity index (χ2n) is 4.90. The van der Waals surface area contributed by atoms with E-state index in [1.165, 1.54) is 24.4 Å². The van der Waals surface area contributed by atoms with Crippen molar-refractivity contribution in [1.29, 1.82) is 0 Å². The molecule has 0 radical (unpaired) electrons. The van der Waals surface area contributed by atoms with Crippen molar-refractivity contribution in [2.24, 2.45) is 0 Å². The fourth-order valence-corrected chi connectivity index (χ4v) is 2.25. The molecule has 1 aromatic heterocycles. The molecule has 0 fully saturated rings. The number of rotatable bonds is 2. The van der Waals surface area contributed by atoms with Crippen molar-refractivity contribution in [3.63, 3.8) is 0 Å². The van der Waals surface area contributed by atoms with Gasteiger partial charge in [-0.1, -0.05) is 13.3 Å². The zero-order valence-electron chi connectivity index (χ0n) is 10.0. The third kappa shape index (κ3) is 2.07. The lowest BCUT2D eigenvalue weighted by Crippen LogP contribution is -2.37. The standard InChI is InChI=1S/C12H21N3/c1-4-6-10-9-15-8-5-7-13-12(2,3)11(15)14-10/h9,13H,4-8H2,1-3H3. The summed E-state index contributed by atoms with van der Waals surface area (Å²) >= 11 is 0. The molecule has 1 N–H and O–H groups in total. The number of hydrogen-bond acceptors (Lipinski definition) is 2. The molecule has 3 nitrogen and oxygen atoms in total. The Bertz CT molecular complexity index is 339. The van der Waals surface area contributed by atoms with Crippen LogP contribution in [0.4, 0.5) is 0 Å². The van der Waals surface area contributed by atoms with Crippen LogP contribution in [0.3, 0.4) is 0 Å². The number of imidazole rings is 1. The summed E-state index contributed by atoms with van der Waals surface area (Å²) in [5.74, 6) is 1.20. The summed E-state index contributed by atoms with van der Waals surface area (Å²) in [6, 6.07) is 0. The van der Waals surface area contributed by atoms with E-state index in [0.717, 1.165) is 19.5 Å². The van der Waals surface area contributed by atoms with E-state index < -0.39 is 0 Å². The minimum absolute atomic E-state index is 0.0164. The molecule has 2 rings (SSSR count). The smallest absolute Gasteiger partial charge is 0.128 e. The average molecular weight is 207 g/mol. The largest absolute Gasteiger partial charge is 0.333 e. The number of aromatic nitrogens is 2. The van der Waals surface area contributed by atoms with Crippen molar-refractivity contribution in [2.45, 2.75) is 52.1 Å². The van der Waals surface area contributed by atoms with Crippen LogP contribution in [0.5, 0.6) is 0 Å². The highest BCUT2D eigenvalue weighted by molar-refractivity contribution is 5.13. The van der Waals surface area contributed by atoms with Gasteiger partial charge >= 0.3 is 0 Å². The van der Waals surface area contributed by atoms with Gasteiger partial charge < -0.3 is 9.88 Å². The van der Waals surface area contributed by atoms with Gasteiger partial charge in [-0.3, -0.25) is 0 Å². The van der Waals surface area contributed by atoms with Gasteiger partial charge in [0.15, 0.2) is 0 Å². The molecule has 0 saturated heterocycles. The molecule has 0 atom stereocenters. The van der Waals surface area contributed by atoms with Gasteiger partial charge in [0.25, 0.3) is 0 Å². The Balaban J connectivity index is 2.34. The molecule has 3 heteroatoms. The molecule has 0 unspecified atom stereocenters. The molecule has 0 aliphatic carbocycles. The van der Waals surface area contributed by atoms with E-state index in [2.05, 4.69) is 36.9 Å². The lowest BCUT2D eigenvalue weighted by Gasteiger charge is -2.23. The molecular weight excluding hydrogens is 186 g/mol. The van der Waals surface area contributed by atoms with Crippen molar-refractivity contribution >= 4 is 0 Å². The van der Waals surface area contributed by atoms with Crippen molar-refractivity contribution in [3.8, 4) is 0 Å². The van der Waals surface area contributed by atoms with Crippen LogP contribution >= 0.6 is 0 Å². The summed E-state index contributed by atoms with van der Waals surface area (Å²) in [6.07, 6.45) is 5.69. The first-order valence-electron chi connectivity index (χ1n) is 5.95. The number of fused-ring (bicyclic) bond motifs is 1. The minimum Gasteiger partial charge on any atom is -0.333 e. The predicted octanol–water partition coefficient (Wildman–Crippen LogP) is 2.06. The van der Waals surface area contributed by atoms with E-state index in [1.807, 2.05) is 0 Å².